The zero-order valence-electron chi connectivity index (χ0n) is 28.8. The molecule has 0 aliphatic carbocycles. The first-order chi connectivity index (χ1) is 20.3. The highest BCUT2D eigenvalue weighted by Crippen LogP contribution is 2.18. The van der Waals surface area contributed by atoms with Crippen molar-refractivity contribution in [1.29, 1.82) is 0 Å². The Balaban J connectivity index is 2.21. The number of aromatic nitrogens is 1. The summed E-state index contributed by atoms with van der Waals surface area (Å²) in [6.45, 7) is 8.12. The molecule has 0 aliphatic heterocycles. The lowest BCUT2D eigenvalue weighted by atomic mass is 9.97. The molecule has 1 nitrogen and oxygen atoms in total. The lowest BCUT2D eigenvalue weighted by Gasteiger charge is -2.10. The molecule has 41 heavy (non-hydrogen) atoms. The van der Waals surface area contributed by atoms with E-state index in [4.69, 9.17) is 0 Å². The number of nitrogens with zero attached hydrogens (tertiary/aromatic N) is 1. The number of pyridine rings is 1. The fraction of sp³-hybridized carbons (Fsp3) is 0.875. The lowest BCUT2D eigenvalue weighted by Crippen LogP contribution is -2.33. The minimum atomic E-state index is 1.19. The van der Waals surface area contributed by atoms with E-state index in [1.807, 2.05) is 0 Å². The first-order valence-electron chi connectivity index (χ1n) is 19.3. The van der Waals surface area contributed by atoms with E-state index in [0.29, 0.717) is 0 Å². The number of hydrogen-bond donors (Lipinski definition) is 0. The molecule has 1 rings (SSSR count). The summed E-state index contributed by atoms with van der Waals surface area (Å²) >= 11 is 0. The summed E-state index contributed by atoms with van der Waals surface area (Å²) in [7, 11) is 0. The van der Waals surface area contributed by atoms with Crippen molar-refractivity contribution >= 4 is 0 Å². The molecule has 0 aliphatic rings. The van der Waals surface area contributed by atoms with Gasteiger partial charge in [-0.15, -0.1) is 0 Å². The molecule has 0 aromatic carbocycles. The normalized spacial score (nSPS) is 11.5. The summed E-state index contributed by atoms with van der Waals surface area (Å²) in [5.41, 5.74) is 3.31. The zero-order chi connectivity index (χ0) is 29.5. The molecule has 0 N–H and O–H groups in total. The van der Waals surface area contributed by atoms with Crippen molar-refractivity contribution in [3.05, 3.63) is 29.6 Å². The number of unbranched alkanes of at least 4 members (excludes halogenated alkanes) is 26. The third-order valence-corrected chi connectivity index (χ3v) is 9.32. The topological polar surface area (TPSA) is 3.88 Å². The maximum absolute atomic E-state index is 2.52. The van der Waals surface area contributed by atoms with E-state index in [1.54, 1.807) is 11.1 Å². The van der Waals surface area contributed by atoms with Crippen LogP contribution in [0.25, 0.3) is 0 Å². The first kappa shape index (κ1) is 38.2. The molecule has 0 bridgehead atoms. The Morgan fingerprint density at radius 1 is 0.366 bits per heavy atom. The highest BCUT2D eigenvalue weighted by molar-refractivity contribution is 5.21. The molecule has 240 valence electrons. The van der Waals surface area contributed by atoms with E-state index in [-0.39, 0.29) is 0 Å². The van der Waals surface area contributed by atoms with E-state index in [1.165, 1.54) is 206 Å². The quantitative estimate of drug-likeness (QED) is 0.0599. The smallest absolute Gasteiger partial charge is 0.172 e. The Morgan fingerprint density at radius 3 is 1.07 bits per heavy atom. The van der Waals surface area contributed by atoms with Crippen LogP contribution in [0.5, 0.6) is 0 Å². The van der Waals surface area contributed by atoms with Crippen LogP contribution >= 0.6 is 0 Å². The van der Waals surface area contributed by atoms with Gasteiger partial charge in [-0.2, -0.15) is 0 Å². The van der Waals surface area contributed by atoms with Crippen LogP contribution in [0.15, 0.2) is 18.5 Å². The maximum Gasteiger partial charge on any atom is 0.172 e. The van der Waals surface area contributed by atoms with Crippen LogP contribution in [0.1, 0.15) is 218 Å². The molecule has 0 spiro atoms. The molecule has 1 aromatic rings. The van der Waals surface area contributed by atoms with E-state index in [2.05, 4.69) is 43.8 Å². The van der Waals surface area contributed by atoms with Crippen molar-refractivity contribution in [2.75, 3.05) is 0 Å². The van der Waals surface area contributed by atoms with Gasteiger partial charge >= 0.3 is 0 Å². The Morgan fingerprint density at radius 2 is 0.683 bits per heavy atom. The van der Waals surface area contributed by atoms with Crippen LogP contribution in [0, 0.1) is 0 Å². The second kappa shape index (κ2) is 30.6. The van der Waals surface area contributed by atoms with Gasteiger partial charge in [-0.25, -0.2) is 4.57 Å². The lowest BCUT2D eigenvalue weighted by molar-refractivity contribution is -0.697. The molecule has 0 saturated heterocycles. The summed E-state index contributed by atoms with van der Waals surface area (Å²) < 4.78 is 2.49. The van der Waals surface area contributed by atoms with Gasteiger partial charge in [-0.3, -0.25) is 0 Å². The van der Waals surface area contributed by atoms with Crippen molar-refractivity contribution in [1.82, 2.24) is 0 Å². The number of rotatable bonds is 32. The fourth-order valence-corrected chi connectivity index (χ4v) is 6.44. The predicted molar refractivity (Wildman–Crippen MR) is 185 cm³/mol. The Kier molecular flexibility index (Phi) is 28.5. The van der Waals surface area contributed by atoms with Crippen molar-refractivity contribution in [3.8, 4) is 0 Å². The van der Waals surface area contributed by atoms with Crippen molar-refractivity contribution < 1.29 is 4.57 Å². The minimum absolute atomic E-state index is 1.19. The summed E-state index contributed by atoms with van der Waals surface area (Å²) in [6, 6.07) is 2.48. The summed E-state index contributed by atoms with van der Waals surface area (Å²) in [4.78, 5) is 0. The Hall–Kier alpha value is -0.850. The Bertz CT molecular complexity index is 650. The van der Waals surface area contributed by atoms with E-state index in [9.17, 15) is 0 Å². The van der Waals surface area contributed by atoms with Crippen LogP contribution in [0.4, 0.5) is 0 Å². The van der Waals surface area contributed by atoms with Crippen LogP contribution < -0.4 is 4.57 Å². The molecular weight excluding hydrogens is 494 g/mol. The van der Waals surface area contributed by atoms with Crippen molar-refractivity contribution in [3.63, 3.8) is 0 Å². The van der Waals surface area contributed by atoms with Crippen LogP contribution in [0.3, 0.4) is 0 Å². The molecule has 0 fully saturated rings. The second-order valence-corrected chi connectivity index (χ2v) is 13.4. The van der Waals surface area contributed by atoms with Gasteiger partial charge in [0.1, 0.15) is 6.54 Å². The zero-order valence-corrected chi connectivity index (χ0v) is 28.8. The first-order valence-corrected chi connectivity index (χ1v) is 19.3. The van der Waals surface area contributed by atoms with Crippen LogP contribution in [-0.2, 0) is 19.4 Å². The molecule has 0 atom stereocenters. The van der Waals surface area contributed by atoms with Gasteiger partial charge in [0, 0.05) is 18.1 Å². The molecule has 1 aromatic heterocycles. The second-order valence-electron chi connectivity index (χ2n) is 13.4. The fourth-order valence-electron chi connectivity index (χ4n) is 6.44. The maximum atomic E-state index is 2.52. The van der Waals surface area contributed by atoms with Crippen LogP contribution in [-0.4, -0.2) is 0 Å². The third kappa shape index (κ3) is 24.3. The third-order valence-electron chi connectivity index (χ3n) is 9.32. The van der Waals surface area contributed by atoms with Gasteiger partial charge < -0.3 is 0 Å². The standard InChI is InChI=1S/C40H76N/c1-4-7-10-12-14-16-18-20-22-24-26-28-30-33-39-35-37-41(36-32-9-6-3)38-40(39)34-31-29-27-25-23-21-19-17-15-13-11-8-5-2/h35,37-38H,4-34,36H2,1-3H3/q+1. The van der Waals surface area contributed by atoms with Gasteiger partial charge in [-0.05, 0) is 37.7 Å². The van der Waals surface area contributed by atoms with E-state index in [0.717, 1.165) is 0 Å². The molecule has 1 heteroatoms. The van der Waals surface area contributed by atoms with Gasteiger partial charge in [0.15, 0.2) is 12.4 Å². The summed E-state index contributed by atoms with van der Waals surface area (Å²) in [6.07, 6.45) is 48.9. The monoisotopic (exact) mass is 571 g/mol. The molecular formula is C40H76N+. The van der Waals surface area contributed by atoms with Gasteiger partial charge in [0.05, 0.1) is 0 Å². The Labute approximate surface area is 260 Å². The molecule has 0 radical (unpaired) electrons. The van der Waals surface area contributed by atoms with Gasteiger partial charge in [0.2, 0.25) is 0 Å². The minimum Gasteiger partial charge on any atom is -0.205 e. The highest BCUT2D eigenvalue weighted by Gasteiger charge is 2.10. The van der Waals surface area contributed by atoms with Gasteiger partial charge in [0.25, 0.3) is 0 Å². The number of hydrogen-bond acceptors (Lipinski definition) is 0. The van der Waals surface area contributed by atoms with Crippen molar-refractivity contribution in [2.24, 2.45) is 0 Å². The molecule has 1 heterocycles. The van der Waals surface area contributed by atoms with E-state index < -0.39 is 0 Å². The largest absolute Gasteiger partial charge is 0.205 e. The average molecular weight is 571 g/mol. The molecule has 0 unspecified atom stereocenters. The van der Waals surface area contributed by atoms with E-state index >= 15 is 0 Å². The predicted octanol–water partition coefficient (Wildman–Crippen LogP) is 13.4. The number of aryl methyl sites for hydroxylation is 3. The highest BCUT2D eigenvalue weighted by atomic mass is 14.9. The van der Waals surface area contributed by atoms with Crippen LogP contribution in [0.2, 0.25) is 0 Å². The molecule has 0 amide bonds. The summed E-state index contributed by atoms with van der Waals surface area (Å²) in [5, 5.41) is 0. The summed E-state index contributed by atoms with van der Waals surface area (Å²) in [5.74, 6) is 0. The van der Waals surface area contributed by atoms with Crippen molar-refractivity contribution in [2.45, 2.75) is 226 Å². The average Bonchev–Trinajstić information content (AvgIpc) is 2.98. The van der Waals surface area contributed by atoms with Gasteiger partial charge in [-0.1, -0.05) is 181 Å². The SMILES string of the molecule is CCCCCCCCCCCCCCCc1cc[n+](CCCCC)cc1CCCCCCCCCCCCCCC. The molecule has 0 saturated carbocycles.